The average Bonchev–Trinajstić information content (AvgIpc) is 3.21. The van der Waals surface area contributed by atoms with Gasteiger partial charge in [0, 0.05) is 25.6 Å². The Balaban J connectivity index is 1.37. The number of anilines is 1. The number of ether oxygens (including phenoxy) is 2. The SMILES string of the molecule is Cc1cc(C(CN(Cc2ccccc2)C[C@H](O)c2ccc(OCc3ccccc3)c(N(C(=O)OCc3ccccc3)S(C)(=O)=O)c2)c2ccc(O)c(C)c2)ccc1O. The number of carbonyl (C=O) groups is 1. The molecule has 0 unspecified atom stereocenters. The van der Waals surface area contributed by atoms with Gasteiger partial charge >= 0.3 is 6.09 Å². The number of hydrogen-bond acceptors (Lipinski definition) is 9. The number of rotatable bonds is 16. The summed E-state index contributed by atoms with van der Waals surface area (Å²) in [5.74, 6) is 0.229. The van der Waals surface area contributed by atoms with Gasteiger partial charge in [0.25, 0.3) is 0 Å². The van der Waals surface area contributed by atoms with Crippen molar-refractivity contribution in [1.82, 2.24) is 4.90 Å². The molecule has 6 rings (SSSR count). The van der Waals surface area contributed by atoms with E-state index in [1.807, 2.05) is 105 Å². The molecule has 11 heteroatoms. The maximum absolute atomic E-state index is 13.7. The van der Waals surface area contributed by atoms with Crippen molar-refractivity contribution in [3.05, 3.63) is 190 Å². The standard InChI is InChI=1S/C47H48N2O8S/c1-33-25-38(19-22-43(33)50)41(39-20-23-44(51)34(2)26-39)29-48(28-35-13-7-4-8-14-35)30-45(52)40-21-24-46(56-31-36-15-9-5-10-16-36)42(27-40)49(58(3,54)55)47(53)57-32-37-17-11-6-12-18-37/h4-27,41,45,50-52H,28-32H2,1-3H3/t45-/m0/s1. The van der Waals surface area contributed by atoms with Crippen molar-refractivity contribution in [3.8, 4) is 17.2 Å². The zero-order chi connectivity index (χ0) is 41.2. The number of phenols is 2. The maximum Gasteiger partial charge on any atom is 0.428 e. The first kappa shape index (κ1) is 41.5. The second kappa shape index (κ2) is 18.9. The number of amides is 1. The molecule has 0 radical (unpaired) electrons. The number of aliphatic hydroxyl groups is 1. The van der Waals surface area contributed by atoms with Gasteiger partial charge in [-0.3, -0.25) is 4.90 Å². The second-order valence-corrected chi connectivity index (χ2v) is 16.2. The Morgan fingerprint density at radius 2 is 1.14 bits per heavy atom. The van der Waals surface area contributed by atoms with Crippen LogP contribution in [0.5, 0.6) is 17.2 Å². The largest absolute Gasteiger partial charge is 0.508 e. The first-order chi connectivity index (χ1) is 27.9. The van der Waals surface area contributed by atoms with Crippen LogP contribution in [-0.2, 0) is 34.5 Å². The molecule has 0 heterocycles. The molecule has 0 saturated heterocycles. The number of benzene rings is 6. The molecule has 0 saturated carbocycles. The summed E-state index contributed by atoms with van der Waals surface area (Å²) in [5, 5.41) is 32.8. The van der Waals surface area contributed by atoms with Gasteiger partial charge in [0.05, 0.1) is 12.4 Å². The molecular weight excluding hydrogens is 753 g/mol. The van der Waals surface area contributed by atoms with Gasteiger partial charge in [-0.1, -0.05) is 121 Å². The lowest BCUT2D eigenvalue weighted by molar-refractivity contribution is 0.107. The molecule has 0 aliphatic rings. The normalized spacial score (nSPS) is 12.0. The fraction of sp³-hybridized carbons (Fsp3) is 0.213. The molecule has 300 valence electrons. The van der Waals surface area contributed by atoms with E-state index in [1.54, 1.807) is 48.5 Å². The Bertz CT molecular complexity index is 2360. The number of sulfonamides is 1. The van der Waals surface area contributed by atoms with Crippen molar-refractivity contribution < 1.29 is 38.0 Å². The number of aromatic hydroxyl groups is 2. The Labute approximate surface area is 340 Å². The van der Waals surface area contributed by atoms with Crippen molar-refractivity contribution in [2.24, 2.45) is 0 Å². The van der Waals surface area contributed by atoms with E-state index >= 15 is 0 Å². The number of aryl methyl sites for hydroxylation is 2. The second-order valence-electron chi connectivity index (χ2n) is 14.4. The monoisotopic (exact) mass is 800 g/mol. The first-order valence-electron chi connectivity index (χ1n) is 18.9. The molecular formula is C47H48N2O8S. The summed E-state index contributed by atoms with van der Waals surface area (Å²) in [6.45, 7) is 4.59. The van der Waals surface area contributed by atoms with E-state index in [0.717, 1.165) is 28.5 Å². The summed E-state index contributed by atoms with van der Waals surface area (Å²) in [6.07, 6.45) is -1.36. The van der Waals surface area contributed by atoms with E-state index in [1.165, 1.54) is 6.07 Å². The number of aliphatic hydroxyl groups excluding tert-OH is 1. The zero-order valence-corrected chi connectivity index (χ0v) is 33.5. The highest BCUT2D eigenvalue weighted by molar-refractivity contribution is 7.92. The zero-order valence-electron chi connectivity index (χ0n) is 32.7. The molecule has 6 aromatic carbocycles. The van der Waals surface area contributed by atoms with E-state index in [-0.39, 0.29) is 48.6 Å². The minimum Gasteiger partial charge on any atom is -0.508 e. The minimum absolute atomic E-state index is 0.0894. The lowest BCUT2D eigenvalue weighted by Crippen LogP contribution is -2.37. The van der Waals surface area contributed by atoms with Gasteiger partial charge in [-0.2, -0.15) is 4.31 Å². The molecule has 10 nitrogen and oxygen atoms in total. The molecule has 3 N–H and O–H groups in total. The first-order valence-corrected chi connectivity index (χ1v) is 20.8. The smallest absolute Gasteiger partial charge is 0.428 e. The van der Waals surface area contributed by atoms with Crippen molar-refractivity contribution in [3.63, 3.8) is 0 Å². The van der Waals surface area contributed by atoms with Crippen LogP contribution in [0, 0.1) is 13.8 Å². The predicted octanol–water partition coefficient (Wildman–Crippen LogP) is 8.76. The summed E-state index contributed by atoms with van der Waals surface area (Å²) in [4.78, 5) is 15.8. The molecule has 0 fully saturated rings. The molecule has 0 aliphatic carbocycles. The topological polar surface area (TPSA) is 137 Å². The van der Waals surface area contributed by atoms with Crippen LogP contribution in [0.1, 0.15) is 56.5 Å². The average molecular weight is 801 g/mol. The van der Waals surface area contributed by atoms with Crippen LogP contribution in [0.3, 0.4) is 0 Å². The minimum atomic E-state index is -4.27. The van der Waals surface area contributed by atoms with Crippen molar-refractivity contribution in [2.45, 2.75) is 45.6 Å². The molecule has 58 heavy (non-hydrogen) atoms. The van der Waals surface area contributed by atoms with Crippen LogP contribution in [0.15, 0.2) is 146 Å². The van der Waals surface area contributed by atoms with Crippen LogP contribution < -0.4 is 9.04 Å². The summed E-state index contributed by atoms with van der Waals surface area (Å²) >= 11 is 0. The van der Waals surface area contributed by atoms with Crippen LogP contribution in [0.2, 0.25) is 0 Å². The van der Waals surface area contributed by atoms with Gasteiger partial charge in [0.2, 0.25) is 10.0 Å². The fourth-order valence-corrected chi connectivity index (χ4v) is 7.62. The number of nitrogens with zero attached hydrogens (tertiary/aromatic N) is 2. The van der Waals surface area contributed by atoms with Crippen molar-refractivity contribution >= 4 is 21.8 Å². The van der Waals surface area contributed by atoms with Gasteiger partial charge in [-0.15, -0.1) is 0 Å². The summed E-state index contributed by atoms with van der Waals surface area (Å²) in [5.41, 5.74) is 6.07. The molecule has 0 aliphatic heterocycles. The molecule has 1 amide bonds. The Hall–Kier alpha value is -6.14. The van der Waals surface area contributed by atoms with Crippen LogP contribution in [0.25, 0.3) is 0 Å². The number of hydrogen-bond donors (Lipinski definition) is 3. The summed E-state index contributed by atoms with van der Waals surface area (Å²) in [6, 6.07) is 43.8. The third-order valence-electron chi connectivity index (χ3n) is 9.89. The highest BCUT2D eigenvalue weighted by atomic mass is 32.2. The van der Waals surface area contributed by atoms with E-state index < -0.39 is 22.2 Å². The van der Waals surface area contributed by atoms with E-state index in [9.17, 15) is 28.5 Å². The molecule has 0 bridgehead atoms. The summed E-state index contributed by atoms with van der Waals surface area (Å²) < 4.78 is 39.1. The predicted molar refractivity (Wildman–Crippen MR) is 225 cm³/mol. The molecule has 0 aromatic heterocycles. The quantitative estimate of drug-likeness (QED) is 0.0878. The third kappa shape index (κ3) is 10.8. The van der Waals surface area contributed by atoms with Crippen molar-refractivity contribution in [2.75, 3.05) is 23.7 Å². The third-order valence-corrected chi connectivity index (χ3v) is 10.9. The number of carbonyl (C=O) groups excluding carboxylic acids is 1. The fourth-order valence-electron chi connectivity index (χ4n) is 6.80. The van der Waals surface area contributed by atoms with Gasteiger partial charge in [-0.05, 0) is 82.6 Å². The van der Waals surface area contributed by atoms with Gasteiger partial charge in [0.15, 0.2) is 0 Å². The van der Waals surface area contributed by atoms with E-state index in [2.05, 4.69) is 4.90 Å². The van der Waals surface area contributed by atoms with Gasteiger partial charge < -0.3 is 24.8 Å². The maximum atomic E-state index is 13.7. The van der Waals surface area contributed by atoms with Gasteiger partial charge in [0.1, 0.15) is 36.1 Å². The van der Waals surface area contributed by atoms with Gasteiger partial charge in [-0.25, -0.2) is 13.2 Å². The van der Waals surface area contributed by atoms with Crippen molar-refractivity contribution in [1.29, 1.82) is 0 Å². The molecule has 0 spiro atoms. The lowest BCUT2D eigenvalue weighted by Gasteiger charge is -2.31. The Morgan fingerprint density at radius 1 is 0.638 bits per heavy atom. The van der Waals surface area contributed by atoms with E-state index in [0.29, 0.717) is 39.6 Å². The Kier molecular flexibility index (Phi) is 13.5. The Morgan fingerprint density at radius 3 is 1.66 bits per heavy atom. The number of phenolic OH excluding ortho intramolecular Hbond substituents is 2. The molecule has 1 atom stereocenters. The highest BCUT2D eigenvalue weighted by Crippen LogP contribution is 2.36. The highest BCUT2D eigenvalue weighted by Gasteiger charge is 2.32. The van der Waals surface area contributed by atoms with E-state index in [4.69, 9.17) is 9.47 Å². The van der Waals surface area contributed by atoms with Crippen LogP contribution >= 0.6 is 0 Å². The van der Waals surface area contributed by atoms with Crippen LogP contribution in [-0.4, -0.2) is 54.1 Å². The lowest BCUT2D eigenvalue weighted by atomic mass is 9.88. The van der Waals surface area contributed by atoms with Crippen LogP contribution in [0.4, 0.5) is 10.5 Å². The summed E-state index contributed by atoms with van der Waals surface area (Å²) in [7, 11) is -4.27. The molecule has 6 aromatic rings.